The van der Waals surface area contributed by atoms with E-state index in [0.29, 0.717) is 17.2 Å². The van der Waals surface area contributed by atoms with Crippen molar-refractivity contribution in [2.75, 3.05) is 0 Å². The van der Waals surface area contributed by atoms with Crippen LogP contribution in [0.1, 0.15) is 16.1 Å². The van der Waals surface area contributed by atoms with Crippen molar-refractivity contribution in [2.45, 2.75) is 6.92 Å². The molecule has 0 saturated carbocycles. The van der Waals surface area contributed by atoms with Gasteiger partial charge in [-0.15, -0.1) is 0 Å². The Balaban J connectivity index is 2.60. The average molecular weight is 212 g/mol. The fraction of sp³-hybridized carbons (Fsp3) is 0.111. The van der Waals surface area contributed by atoms with Gasteiger partial charge in [0.15, 0.2) is 11.5 Å². The van der Waals surface area contributed by atoms with Gasteiger partial charge in [-0.05, 0) is 30.7 Å². The Morgan fingerprint density at radius 2 is 2.36 bits per heavy atom. The molecule has 0 N–H and O–H groups in total. The molecule has 2 aromatic heterocycles. The summed E-state index contributed by atoms with van der Waals surface area (Å²) in [5.74, 6) is 0.849. The monoisotopic (exact) mass is 211 g/mol. The molecule has 14 heavy (non-hydrogen) atoms. The maximum absolute atomic E-state index is 11.1. The Hall–Kier alpha value is -1.55. The lowest BCUT2D eigenvalue weighted by Crippen LogP contribution is -1.91. The standard InChI is InChI=1S/C9H6ClNO3/c1-5-7(9(10)12)8(11-14-5)6-3-2-4-13-6/h2-4H,1H3. The van der Waals surface area contributed by atoms with E-state index in [4.69, 9.17) is 20.5 Å². The fourth-order valence-electron chi connectivity index (χ4n) is 1.19. The number of carbonyl (C=O) groups is 1. The first-order chi connectivity index (χ1) is 6.70. The van der Waals surface area contributed by atoms with Crippen LogP contribution in [0.3, 0.4) is 0 Å². The van der Waals surface area contributed by atoms with Crippen LogP contribution in [-0.4, -0.2) is 10.4 Å². The van der Waals surface area contributed by atoms with Crippen molar-refractivity contribution < 1.29 is 13.7 Å². The number of carbonyl (C=O) groups excluding carboxylic acids is 1. The Bertz CT molecular complexity index is 458. The van der Waals surface area contributed by atoms with Crippen LogP contribution in [0.15, 0.2) is 27.3 Å². The van der Waals surface area contributed by atoms with Gasteiger partial charge in [-0.1, -0.05) is 5.16 Å². The van der Waals surface area contributed by atoms with Gasteiger partial charge < -0.3 is 8.94 Å². The number of rotatable bonds is 2. The molecule has 0 unspecified atom stereocenters. The molecule has 2 aromatic rings. The van der Waals surface area contributed by atoms with Crippen LogP contribution in [0.4, 0.5) is 0 Å². The van der Waals surface area contributed by atoms with Crippen molar-refractivity contribution in [3.8, 4) is 11.5 Å². The maximum Gasteiger partial charge on any atom is 0.258 e. The molecule has 0 radical (unpaired) electrons. The van der Waals surface area contributed by atoms with Crippen molar-refractivity contribution >= 4 is 16.8 Å². The number of hydrogen-bond donors (Lipinski definition) is 0. The first-order valence-corrected chi connectivity index (χ1v) is 4.28. The normalized spacial score (nSPS) is 10.4. The summed E-state index contributed by atoms with van der Waals surface area (Å²) in [6, 6.07) is 3.38. The van der Waals surface area contributed by atoms with Gasteiger partial charge in [0.25, 0.3) is 5.24 Å². The van der Waals surface area contributed by atoms with E-state index >= 15 is 0 Å². The molecule has 0 atom stereocenters. The molecular formula is C9H6ClNO3. The van der Waals surface area contributed by atoms with E-state index in [9.17, 15) is 4.79 Å². The fourth-order valence-corrected chi connectivity index (χ4v) is 1.41. The summed E-state index contributed by atoms with van der Waals surface area (Å²) in [4.78, 5) is 11.1. The summed E-state index contributed by atoms with van der Waals surface area (Å²) in [6.07, 6.45) is 1.49. The first-order valence-electron chi connectivity index (χ1n) is 3.90. The van der Waals surface area contributed by atoms with Crippen LogP contribution >= 0.6 is 11.6 Å². The van der Waals surface area contributed by atoms with Gasteiger partial charge in [0.2, 0.25) is 0 Å². The number of furan rings is 1. The third-order valence-corrected chi connectivity index (χ3v) is 2.00. The van der Waals surface area contributed by atoms with Crippen LogP contribution in [0, 0.1) is 6.92 Å². The summed E-state index contributed by atoms with van der Waals surface area (Å²) >= 11 is 5.39. The predicted molar refractivity (Wildman–Crippen MR) is 49.1 cm³/mol. The molecular weight excluding hydrogens is 206 g/mol. The predicted octanol–water partition coefficient (Wildman–Crippen LogP) is 2.62. The topological polar surface area (TPSA) is 56.2 Å². The van der Waals surface area contributed by atoms with Crippen LogP contribution in [0.25, 0.3) is 11.5 Å². The lowest BCUT2D eigenvalue weighted by Gasteiger charge is -1.91. The Kier molecular flexibility index (Phi) is 2.13. The molecule has 5 heteroatoms. The lowest BCUT2D eigenvalue weighted by atomic mass is 10.2. The van der Waals surface area contributed by atoms with Gasteiger partial charge in [0.1, 0.15) is 11.3 Å². The third-order valence-electron chi connectivity index (χ3n) is 1.81. The second kappa shape index (κ2) is 3.31. The highest BCUT2D eigenvalue weighted by molar-refractivity contribution is 6.68. The van der Waals surface area contributed by atoms with Crippen molar-refractivity contribution in [1.82, 2.24) is 5.16 Å². The second-order valence-electron chi connectivity index (χ2n) is 2.71. The molecule has 4 nitrogen and oxygen atoms in total. The van der Waals surface area contributed by atoms with Crippen molar-refractivity contribution in [3.05, 3.63) is 29.7 Å². The summed E-state index contributed by atoms with van der Waals surface area (Å²) in [7, 11) is 0. The molecule has 0 saturated heterocycles. The van der Waals surface area contributed by atoms with Gasteiger partial charge in [0, 0.05) is 0 Å². The zero-order chi connectivity index (χ0) is 10.1. The molecule has 2 rings (SSSR count). The summed E-state index contributed by atoms with van der Waals surface area (Å²) in [5, 5.41) is 3.10. The highest BCUT2D eigenvalue weighted by Crippen LogP contribution is 2.26. The van der Waals surface area contributed by atoms with E-state index in [1.807, 2.05) is 0 Å². The quantitative estimate of drug-likeness (QED) is 0.717. The van der Waals surface area contributed by atoms with E-state index in [1.165, 1.54) is 6.26 Å². The zero-order valence-corrected chi connectivity index (χ0v) is 8.04. The summed E-state index contributed by atoms with van der Waals surface area (Å²) in [6.45, 7) is 1.62. The molecule has 0 amide bonds. The van der Waals surface area contributed by atoms with Crippen LogP contribution in [0.5, 0.6) is 0 Å². The number of aromatic nitrogens is 1. The minimum absolute atomic E-state index is 0.251. The van der Waals surface area contributed by atoms with E-state index in [-0.39, 0.29) is 5.56 Å². The SMILES string of the molecule is Cc1onc(-c2ccco2)c1C(=O)Cl. The number of hydrogen-bond acceptors (Lipinski definition) is 4. The van der Waals surface area contributed by atoms with Crippen LogP contribution < -0.4 is 0 Å². The summed E-state index contributed by atoms with van der Waals surface area (Å²) < 4.78 is 9.96. The van der Waals surface area contributed by atoms with E-state index in [1.54, 1.807) is 19.1 Å². The van der Waals surface area contributed by atoms with Gasteiger partial charge in [-0.25, -0.2) is 0 Å². The van der Waals surface area contributed by atoms with Crippen molar-refractivity contribution in [3.63, 3.8) is 0 Å². The van der Waals surface area contributed by atoms with E-state index in [2.05, 4.69) is 5.16 Å². The second-order valence-corrected chi connectivity index (χ2v) is 3.06. The molecule has 0 aromatic carbocycles. The first kappa shape index (κ1) is 9.02. The number of halogens is 1. The highest BCUT2D eigenvalue weighted by atomic mass is 35.5. The average Bonchev–Trinajstić information content (AvgIpc) is 2.70. The molecule has 0 spiro atoms. The van der Waals surface area contributed by atoms with Gasteiger partial charge in [-0.2, -0.15) is 0 Å². The minimum Gasteiger partial charge on any atom is -0.463 e. The van der Waals surface area contributed by atoms with Gasteiger partial charge in [0.05, 0.1) is 6.26 Å². The minimum atomic E-state index is -0.602. The molecule has 0 fully saturated rings. The Labute approximate surface area is 84.4 Å². The van der Waals surface area contributed by atoms with Crippen molar-refractivity contribution in [2.24, 2.45) is 0 Å². The van der Waals surface area contributed by atoms with Gasteiger partial charge in [-0.3, -0.25) is 4.79 Å². The van der Waals surface area contributed by atoms with Crippen LogP contribution in [0.2, 0.25) is 0 Å². The van der Waals surface area contributed by atoms with Crippen LogP contribution in [-0.2, 0) is 0 Å². The maximum atomic E-state index is 11.1. The Morgan fingerprint density at radius 1 is 1.57 bits per heavy atom. The molecule has 2 heterocycles. The molecule has 72 valence electrons. The third kappa shape index (κ3) is 1.33. The largest absolute Gasteiger partial charge is 0.463 e. The molecule has 0 aliphatic rings. The van der Waals surface area contributed by atoms with Crippen molar-refractivity contribution in [1.29, 1.82) is 0 Å². The number of nitrogens with zero attached hydrogens (tertiary/aromatic N) is 1. The van der Waals surface area contributed by atoms with Gasteiger partial charge >= 0.3 is 0 Å². The smallest absolute Gasteiger partial charge is 0.258 e. The number of aryl methyl sites for hydroxylation is 1. The summed E-state index contributed by atoms with van der Waals surface area (Å²) in [5.41, 5.74) is 0.592. The van der Waals surface area contributed by atoms with E-state index < -0.39 is 5.24 Å². The molecule has 0 aliphatic carbocycles. The zero-order valence-electron chi connectivity index (χ0n) is 7.28. The molecule has 0 bridgehead atoms. The van der Waals surface area contributed by atoms with E-state index in [0.717, 1.165) is 0 Å². The Morgan fingerprint density at radius 3 is 2.93 bits per heavy atom. The lowest BCUT2D eigenvalue weighted by molar-refractivity contribution is 0.108. The molecule has 0 aliphatic heterocycles. The highest BCUT2D eigenvalue weighted by Gasteiger charge is 2.21.